The van der Waals surface area contributed by atoms with Gasteiger partial charge >= 0.3 is 0 Å². The van der Waals surface area contributed by atoms with Gasteiger partial charge in [0.25, 0.3) is 0 Å². The Morgan fingerprint density at radius 3 is 2.47 bits per heavy atom. The Morgan fingerprint density at radius 1 is 1.29 bits per heavy atom. The fourth-order valence-electron chi connectivity index (χ4n) is 2.10. The number of hydrogen-bond acceptors (Lipinski definition) is 1. The number of hydrogen-bond donors (Lipinski definition) is 1. The topological polar surface area (TPSA) is 12.0 Å². The van der Waals surface area contributed by atoms with Gasteiger partial charge in [0.2, 0.25) is 0 Å². The number of aryl methyl sites for hydroxylation is 2. The molecular weight excluding hydrogens is 206 g/mol. The molecule has 1 aliphatic carbocycles. The zero-order valence-electron chi connectivity index (χ0n) is 11.2. The molecule has 1 nitrogen and oxygen atoms in total. The van der Waals surface area contributed by atoms with Crippen molar-refractivity contribution < 1.29 is 0 Å². The third-order valence-electron chi connectivity index (χ3n) is 3.54. The van der Waals surface area contributed by atoms with Gasteiger partial charge in [-0.2, -0.15) is 0 Å². The standard InChI is InChI=1S/C16H23N/c1-4-14(11-17-15-8-9-15)10-16-12(2)6-5-7-13(16)3/h5-7,10,15,17H,4,8-9,11H2,1-3H3/b14-10-. The molecule has 1 aromatic rings. The van der Waals surface area contributed by atoms with Crippen molar-refractivity contribution in [2.75, 3.05) is 6.54 Å². The maximum absolute atomic E-state index is 3.60. The molecule has 0 saturated heterocycles. The molecule has 2 rings (SSSR count). The van der Waals surface area contributed by atoms with Crippen LogP contribution in [0.2, 0.25) is 0 Å². The van der Waals surface area contributed by atoms with Crippen molar-refractivity contribution in [1.29, 1.82) is 0 Å². The van der Waals surface area contributed by atoms with E-state index in [-0.39, 0.29) is 0 Å². The second-order valence-corrected chi connectivity index (χ2v) is 5.12. The molecule has 0 heterocycles. The first kappa shape index (κ1) is 12.4. The van der Waals surface area contributed by atoms with Crippen LogP contribution in [-0.4, -0.2) is 12.6 Å². The maximum Gasteiger partial charge on any atom is 0.0170 e. The highest BCUT2D eigenvalue weighted by molar-refractivity contribution is 5.60. The van der Waals surface area contributed by atoms with Gasteiger partial charge in [-0.3, -0.25) is 0 Å². The average Bonchev–Trinajstić information content (AvgIpc) is 3.12. The van der Waals surface area contributed by atoms with Crippen LogP contribution in [0.4, 0.5) is 0 Å². The summed E-state index contributed by atoms with van der Waals surface area (Å²) in [7, 11) is 0. The highest BCUT2D eigenvalue weighted by Gasteiger charge is 2.20. The van der Waals surface area contributed by atoms with E-state index < -0.39 is 0 Å². The maximum atomic E-state index is 3.60. The molecule has 0 spiro atoms. The highest BCUT2D eigenvalue weighted by atomic mass is 14.9. The summed E-state index contributed by atoms with van der Waals surface area (Å²) >= 11 is 0. The van der Waals surface area contributed by atoms with Gasteiger partial charge in [0.15, 0.2) is 0 Å². The van der Waals surface area contributed by atoms with Crippen molar-refractivity contribution in [3.63, 3.8) is 0 Å². The lowest BCUT2D eigenvalue weighted by Crippen LogP contribution is -2.19. The fraction of sp³-hybridized carbons (Fsp3) is 0.500. The molecule has 0 bridgehead atoms. The summed E-state index contributed by atoms with van der Waals surface area (Å²) in [6, 6.07) is 7.32. The third kappa shape index (κ3) is 3.44. The zero-order chi connectivity index (χ0) is 12.3. The molecule has 1 heteroatoms. The normalized spacial score (nSPS) is 16.3. The first-order chi connectivity index (χ1) is 8.20. The Balaban J connectivity index is 2.12. The minimum Gasteiger partial charge on any atom is -0.310 e. The van der Waals surface area contributed by atoms with Gasteiger partial charge in [0.05, 0.1) is 0 Å². The summed E-state index contributed by atoms with van der Waals surface area (Å²) < 4.78 is 0. The van der Waals surface area contributed by atoms with Crippen LogP contribution >= 0.6 is 0 Å². The zero-order valence-corrected chi connectivity index (χ0v) is 11.2. The summed E-state index contributed by atoms with van der Waals surface area (Å²) in [6.45, 7) is 7.68. The average molecular weight is 229 g/mol. The molecule has 0 atom stereocenters. The lowest BCUT2D eigenvalue weighted by Gasteiger charge is -2.10. The lowest BCUT2D eigenvalue weighted by molar-refractivity contribution is 0.723. The fourth-order valence-corrected chi connectivity index (χ4v) is 2.10. The Hall–Kier alpha value is -1.08. The molecule has 1 N–H and O–H groups in total. The predicted octanol–water partition coefficient (Wildman–Crippen LogP) is 3.85. The van der Waals surface area contributed by atoms with Crippen LogP contribution in [0.25, 0.3) is 6.08 Å². The van der Waals surface area contributed by atoms with Gasteiger partial charge in [0.1, 0.15) is 0 Å². The van der Waals surface area contributed by atoms with Gasteiger partial charge in [-0.25, -0.2) is 0 Å². The van der Waals surface area contributed by atoms with E-state index in [4.69, 9.17) is 0 Å². The molecule has 1 fully saturated rings. The second-order valence-electron chi connectivity index (χ2n) is 5.12. The van der Waals surface area contributed by atoms with Crippen LogP contribution in [0.15, 0.2) is 23.8 Å². The molecule has 0 amide bonds. The van der Waals surface area contributed by atoms with Gasteiger partial charge in [-0.15, -0.1) is 0 Å². The van der Waals surface area contributed by atoms with E-state index in [1.165, 1.54) is 35.1 Å². The molecule has 1 aromatic carbocycles. The van der Waals surface area contributed by atoms with Gasteiger partial charge in [-0.1, -0.05) is 36.8 Å². The van der Waals surface area contributed by atoms with Crippen LogP contribution in [0.1, 0.15) is 42.9 Å². The minimum atomic E-state index is 0.794. The number of rotatable bonds is 5. The second kappa shape index (κ2) is 5.50. The smallest absolute Gasteiger partial charge is 0.0170 e. The minimum absolute atomic E-state index is 0.794. The van der Waals surface area contributed by atoms with Crippen LogP contribution in [-0.2, 0) is 0 Å². The van der Waals surface area contributed by atoms with Crippen LogP contribution in [0.3, 0.4) is 0 Å². The van der Waals surface area contributed by atoms with E-state index in [1.807, 2.05) is 0 Å². The van der Waals surface area contributed by atoms with E-state index in [2.05, 4.69) is 50.4 Å². The van der Waals surface area contributed by atoms with Crippen LogP contribution < -0.4 is 5.32 Å². The number of benzene rings is 1. The Bertz CT molecular complexity index is 393. The first-order valence-corrected chi connectivity index (χ1v) is 6.69. The quantitative estimate of drug-likeness (QED) is 0.808. The molecular formula is C16H23N. The highest BCUT2D eigenvalue weighted by Crippen LogP contribution is 2.21. The molecule has 0 radical (unpaired) electrons. The predicted molar refractivity (Wildman–Crippen MR) is 75.2 cm³/mol. The van der Waals surface area contributed by atoms with Gasteiger partial charge in [0, 0.05) is 12.6 Å². The third-order valence-corrected chi connectivity index (χ3v) is 3.54. The van der Waals surface area contributed by atoms with Crippen molar-refractivity contribution in [3.05, 3.63) is 40.5 Å². The van der Waals surface area contributed by atoms with Crippen LogP contribution in [0, 0.1) is 13.8 Å². The van der Waals surface area contributed by atoms with Crippen molar-refractivity contribution in [2.24, 2.45) is 0 Å². The molecule has 92 valence electrons. The lowest BCUT2D eigenvalue weighted by atomic mass is 9.99. The molecule has 17 heavy (non-hydrogen) atoms. The van der Waals surface area contributed by atoms with E-state index in [1.54, 1.807) is 0 Å². The number of nitrogens with one attached hydrogen (secondary N) is 1. The van der Waals surface area contributed by atoms with Crippen molar-refractivity contribution in [2.45, 2.75) is 46.1 Å². The largest absolute Gasteiger partial charge is 0.310 e. The molecule has 1 saturated carbocycles. The van der Waals surface area contributed by atoms with E-state index >= 15 is 0 Å². The summed E-state index contributed by atoms with van der Waals surface area (Å²) in [5.41, 5.74) is 5.67. The SMILES string of the molecule is CC/C(=C/c1c(C)cccc1C)CNC1CC1. The summed E-state index contributed by atoms with van der Waals surface area (Å²) in [5.74, 6) is 0. The Kier molecular flexibility index (Phi) is 4.01. The summed E-state index contributed by atoms with van der Waals surface area (Å²) in [6.07, 6.45) is 6.23. The summed E-state index contributed by atoms with van der Waals surface area (Å²) in [5, 5.41) is 3.60. The van der Waals surface area contributed by atoms with Crippen molar-refractivity contribution in [1.82, 2.24) is 5.32 Å². The van der Waals surface area contributed by atoms with Crippen molar-refractivity contribution >= 4 is 6.08 Å². The first-order valence-electron chi connectivity index (χ1n) is 6.69. The van der Waals surface area contributed by atoms with E-state index in [0.717, 1.165) is 19.0 Å². The monoisotopic (exact) mass is 229 g/mol. The summed E-state index contributed by atoms with van der Waals surface area (Å²) in [4.78, 5) is 0. The molecule has 0 unspecified atom stereocenters. The van der Waals surface area contributed by atoms with E-state index in [9.17, 15) is 0 Å². The van der Waals surface area contributed by atoms with E-state index in [0.29, 0.717) is 0 Å². The van der Waals surface area contributed by atoms with Gasteiger partial charge in [-0.05, 0) is 49.8 Å². The van der Waals surface area contributed by atoms with Gasteiger partial charge < -0.3 is 5.32 Å². The Labute approximate surface area is 105 Å². The molecule has 0 aromatic heterocycles. The molecule has 0 aliphatic heterocycles. The van der Waals surface area contributed by atoms with Crippen LogP contribution in [0.5, 0.6) is 0 Å². The van der Waals surface area contributed by atoms with Crippen molar-refractivity contribution in [3.8, 4) is 0 Å². The molecule has 1 aliphatic rings. The Morgan fingerprint density at radius 2 is 1.94 bits per heavy atom.